The van der Waals surface area contributed by atoms with Crippen LogP contribution in [-0.2, 0) is 22.7 Å². The van der Waals surface area contributed by atoms with E-state index < -0.39 is 9.84 Å². The molecule has 1 aromatic heterocycles. The molecule has 1 N–H and O–H groups in total. The van der Waals surface area contributed by atoms with E-state index in [0.717, 1.165) is 42.6 Å². The molecule has 6 nitrogen and oxygen atoms in total. The van der Waals surface area contributed by atoms with E-state index in [4.69, 9.17) is 0 Å². The van der Waals surface area contributed by atoms with Crippen molar-refractivity contribution in [1.29, 1.82) is 0 Å². The number of nitrogens with one attached hydrogen (secondary N) is 1. The third-order valence-corrected chi connectivity index (χ3v) is 7.56. The predicted molar refractivity (Wildman–Crippen MR) is 110 cm³/mol. The maximum absolute atomic E-state index is 13.0. The number of sulfone groups is 1. The van der Waals surface area contributed by atoms with Crippen LogP contribution in [0.3, 0.4) is 0 Å². The Balaban J connectivity index is 1.61. The van der Waals surface area contributed by atoms with Crippen LogP contribution in [-0.4, -0.2) is 35.6 Å². The van der Waals surface area contributed by atoms with E-state index in [1.807, 2.05) is 28.9 Å². The molecule has 1 aliphatic heterocycles. The molecule has 2 aromatic rings. The van der Waals surface area contributed by atoms with Crippen molar-refractivity contribution < 1.29 is 13.2 Å². The fourth-order valence-corrected chi connectivity index (χ4v) is 5.91. The second-order valence-corrected chi connectivity index (χ2v) is 10.4. The normalized spacial score (nSPS) is 20.9. The molecule has 1 fully saturated rings. The minimum atomic E-state index is -3.00. The highest BCUT2D eigenvalue weighted by Gasteiger charge is 2.34. The van der Waals surface area contributed by atoms with Gasteiger partial charge in [-0.25, -0.2) is 8.42 Å². The van der Waals surface area contributed by atoms with Gasteiger partial charge in [0.05, 0.1) is 17.5 Å². The zero-order valence-electron chi connectivity index (χ0n) is 16.4. The molecular formula is C21H27N3O3S. The lowest BCUT2D eigenvalue weighted by Crippen LogP contribution is -2.17. The lowest BCUT2D eigenvalue weighted by Gasteiger charge is -2.17. The summed E-state index contributed by atoms with van der Waals surface area (Å²) in [4.78, 5) is 13.0. The number of amides is 1. The SMILES string of the molecule is CC(C)c1ccc(NC(=O)c2nn([C@@H]3CCS(=O)(=O)C3)c3c2CCCC3)cc1. The average molecular weight is 402 g/mol. The van der Waals surface area contributed by atoms with Gasteiger partial charge in [0.25, 0.3) is 5.91 Å². The van der Waals surface area contributed by atoms with E-state index in [1.54, 1.807) is 0 Å². The predicted octanol–water partition coefficient (Wildman–Crippen LogP) is 3.50. The van der Waals surface area contributed by atoms with Gasteiger partial charge in [-0.2, -0.15) is 5.10 Å². The molecule has 0 saturated carbocycles. The van der Waals surface area contributed by atoms with Gasteiger partial charge in [0.15, 0.2) is 15.5 Å². The average Bonchev–Trinajstić information content (AvgIpc) is 3.22. The van der Waals surface area contributed by atoms with Crippen LogP contribution in [0, 0.1) is 0 Å². The number of aromatic nitrogens is 2. The number of anilines is 1. The first-order valence-corrected chi connectivity index (χ1v) is 11.9. The molecule has 0 spiro atoms. The summed E-state index contributed by atoms with van der Waals surface area (Å²) in [6.07, 6.45) is 4.34. The van der Waals surface area contributed by atoms with Crippen molar-refractivity contribution in [1.82, 2.24) is 9.78 Å². The molecular weight excluding hydrogens is 374 g/mol. The number of hydrogen-bond acceptors (Lipinski definition) is 4. The van der Waals surface area contributed by atoms with Gasteiger partial charge in [-0.05, 0) is 55.7 Å². The summed E-state index contributed by atoms with van der Waals surface area (Å²) in [6.45, 7) is 4.27. The summed E-state index contributed by atoms with van der Waals surface area (Å²) in [6, 6.07) is 7.74. The topological polar surface area (TPSA) is 81.1 Å². The van der Waals surface area contributed by atoms with Crippen molar-refractivity contribution in [2.45, 2.75) is 57.9 Å². The van der Waals surface area contributed by atoms with Crippen LogP contribution >= 0.6 is 0 Å². The van der Waals surface area contributed by atoms with Gasteiger partial charge in [-0.15, -0.1) is 0 Å². The van der Waals surface area contributed by atoms with Gasteiger partial charge in [0.1, 0.15) is 0 Å². The molecule has 1 aromatic carbocycles. The fraction of sp³-hybridized carbons (Fsp3) is 0.524. The second-order valence-electron chi connectivity index (χ2n) is 8.21. The summed E-state index contributed by atoms with van der Waals surface area (Å²) in [5, 5.41) is 7.58. The minimum absolute atomic E-state index is 0.124. The van der Waals surface area contributed by atoms with Crippen molar-refractivity contribution in [3.63, 3.8) is 0 Å². The van der Waals surface area contributed by atoms with Crippen molar-refractivity contribution in [2.75, 3.05) is 16.8 Å². The van der Waals surface area contributed by atoms with Gasteiger partial charge < -0.3 is 5.32 Å². The molecule has 7 heteroatoms. The summed E-state index contributed by atoms with van der Waals surface area (Å²) >= 11 is 0. The third kappa shape index (κ3) is 3.72. The van der Waals surface area contributed by atoms with E-state index in [0.29, 0.717) is 18.0 Å². The fourth-order valence-electron chi connectivity index (χ4n) is 4.22. The first-order chi connectivity index (χ1) is 13.3. The number of carbonyl (C=O) groups excluding carboxylic acids is 1. The molecule has 150 valence electrons. The van der Waals surface area contributed by atoms with E-state index in [9.17, 15) is 13.2 Å². The van der Waals surface area contributed by atoms with E-state index >= 15 is 0 Å². The Hall–Kier alpha value is -2.15. The van der Waals surface area contributed by atoms with Crippen molar-refractivity contribution >= 4 is 21.4 Å². The minimum Gasteiger partial charge on any atom is -0.321 e. The molecule has 1 amide bonds. The van der Waals surface area contributed by atoms with Gasteiger partial charge in [0.2, 0.25) is 0 Å². The summed E-state index contributed by atoms with van der Waals surface area (Å²) in [5.74, 6) is 0.555. The van der Waals surface area contributed by atoms with Crippen LogP contribution in [0.15, 0.2) is 24.3 Å². The Bertz CT molecular complexity index is 991. The molecule has 1 saturated heterocycles. The Morgan fingerprint density at radius 3 is 2.54 bits per heavy atom. The van der Waals surface area contributed by atoms with E-state index in [2.05, 4.69) is 24.3 Å². The Morgan fingerprint density at radius 2 is 1.89 bits per heavy atom. The summed E-state index contributed by atoms with van der Waals surface area (Å²) in [7, 11) is -3.00. The summed E-state index contributed by atoms with van der Waals surface area (Å²) < 4.78 is 25.7. The Morgan fingerprint density at radius 1 is 1.18 bits per heavy atom. The van der Waals surface area contributed by atoms with Gasteiger partial charge in [-0.3, -0.25) is 9.48 Å². The van der Waals surface area contributed by atoms with E-state index in [-0.39, 0.29) is 23.5 Å². The molecule has 0 unspecified atom stereocenters. The summed E-state index contributed by atoms with van der Waals surface area (Å²) in [5.41, 5.74) is 4.46. The maximum atomic E-state index is 13.0. The first-order valence-electron chi connectivity index (χ1n) is 10.1. The van der Waals surface area contributed by atoms with E-state index in [1.165, 1.54) is 5.56 Å². The van der Waals surface area contributed by atoms with Crippen LogP contribution in [0.25, 0.3) is 0 Å². The van der Waals surface area contributed by atoms with Gasteiger partial charge in [-0.1, -0.05) is 26.0 Å². The van der Waals surface area contributed by atoms with Gasteiger partial charge in [0, 0.05) is 16.9 Å². The molecule has 0 bridgehead atoms. The second kappa shape index (κ2) is 7.35. The molecule has 2 aliphatic rings. The molecule has 28 heavy (non-hydrogen) atoms. The van der Waals surface area contributed by atoms with Gasteiger partial charge >= 0.3 is 0 Å². The standard InChI is InChI=1S/C21H27N3O3S/c1-14(2)15-7-9-16(10-8-15)22-21(25)20-18-5-3-4-6-19(18)24(23-20)17-11-12-28(26,27)13-17/h7-10,14,17H,3-6,11-13H2,1-2H3,(H,22,25)/t17-/m1/s1. The third-order valence-electron chi connectivity index (χ3n) is 5.81. The number of hydrogen-bond donors (Lipinski definition) is 1. The monoisotopic (exact) mass is 401 g/mol. The zero-order chi connectivity index (χ0) is 19.9. The molecule has 1 atom stereocenters. The Kier molecular flexibility index (Phi) is 5.04. The van der Waals surface area contributed by atoms with Crippen molar-refractivity contribution in [2.24, 2.45) is 0 Å². The maximum Gasteiger partial charge on any atom is 0.276 e. The van der Waals surface area contributed by atoms with Crippen LogP contribution in [0.5, 0.6) is 0 Å². The largest absolute Gasteiger partial charge is 0.321 e. The molecule has 0 radical (unpaired) electrons. The first kappa shape index (κ1) is 19.2. The van der Waals surface area contributed by atoms with Crippen molar-refractivity contribution in [3.05, 3.63) is 46.8 Å². The number of rotatable bonds is 4. The number of benzene rings is 1. The highest BCUT2D eigenvalue weighted by molar-refractivity contribution is 7.91. The lowest BCUT2D eigenvalue weighted by atomic mass is 9.95. The van der Waals surface area contributed by atoms with Crippen LogP contribution in [0.2, 0.25) is 0 Å². The smallest absolute Gasteiger partial charge is 0.276 e. The highest BCUT2D eigenvalue weighted by atomic mass is 32.2. The number of nitrogens with zero attached hydrogens (tertiary/aromatic N) is 2. The quantitative estimate of drug-likeness (QED) is 0.850. The Labute approximate surface area is 166 Å². The molecule has 4 rings (SSSR count). The van der Waals surface area contributed by atoms with Crippen LogP contribution in [0.1, 0.15) is 72.4 Å². The number of carbonyl (C=O) groups is 1. The highest BCUT2D eigenvalue weighted by Crippen LogP contribution is 2.31. The molecule has 2 heterocycles. The van der Waals surface area contributed by atoms with Crippen LogP contribution < -0.4 is 5.32 Å². The molecule has 1 aliphatic carbocycles. The van der Waals surface area contributed by atoms with Crippen LogP contribution in [0.4, 0.5) is 5.69 Å². The lowest BCUT2D eigenvalue weighted by molar-refractivity contribution is 0.102. The zero-order valence-corrected chi connectivity index (χ0v) is 17.3. The number of fused-ring (bicyclic) bond motifs is 1. The van der Waals surface area contributed by atoms with Crippen molar-refractivity contribution in [3.8, 4) is 0 Å².